The van der Waals surface area contributed by atoms with Gasteiger partial charge in [0.25, 0.3) is 0 Å². The van der Waals surface area contributed by atoms with Crippen molar-refractivity contribution in [3.05, 3.63) is 0 Å². The number of aliphatic hydroxyl groups is 2. The predicted octanol–water partition coefficient (Wildman–Crippen LogP) is 4.87. The summed E-state index contributed by atoms with van der Waals surface area (Å²) < 4.78 is 0. The van der Waals surface area contributed by atoms with Gasteiger partial charge >= 0.3 is 5.97 Å². The molecule has 162 valence electrons. The second-order valence-electron chi connectivity index (χ2n) is 10.7. The van der Waals surface area contributed by atoms with Crippen LogP contribution in [0, 0.1) is 40.9 Å². The second kappa shape index (κ2) is 9.04. The zero-order chi connectivity index (χ0) is 20.5. The summed E-state index contributed by atoms with van der Waals surface area (Å²) in [5.41, 5.74) is 0.294. The van der Waals surface area contributed by atoms with E-state index in [0.717, 1.165) is 38.5 Å². The van der Waals surface area contributed by atoms with Crippen molar-refractivity contribution in [3.63, 3.8) is 0 Å². The maximum absolute atomic E-state index is 11.1. The Kier molecular flexibility index (Phi) is 7.13. The van der Waals surface area contributed by atoms with E-state index in [2.05, 4.69) is 20.8 Å². The number of carbonyl (C=O) groups is 1. The SMILES string of the molecule is CC1CCC(O)CCC(O)CC2C1CCC1(C)C(C(C)CCC(=O)O)CCC21. The number of rotatable bonds is 4. The highest BCUT2D eigenvalue weighted by Crippen LogP contribution is 2.63. The highest BCUT2D eigenvalue weighted by Gasteiger charge is 2.55. The van der Waals surface area contributed by atoms with Crippen LogP contribution < -0.4 is 0 Å². The standard InChI is InChI=1S/C24H42O4/c1-15-4-6-17(25)7-8-18(26)14-20-19(15)12-13-24(3)21(9-10-22(20)24)16(2)5-11-23(27)28/h15-22,25-26H,4-14H2,1-3H3,(H,27,28). The van der Waals surface area contributed by atoms with Gasteiger partial charge in [0.05, 0.1) is 12.2 Å². The van der Waals surface area contributed by atoms with Gasteiger partial charge in [-0.25, -0.2) is 0 Å². The fourth-order valence-electron chi connectivity index (χ4n) is 7.52. The summed E-state index contributed by atoms with van der Waals surface area (Å²) in [6.45, 7) is 7.10. The van der Waals surface area contributed by atoms with Crippen molar-refractivity contribution in [1.82, 2.24) is 0 Å². The van der Waals surface area contributed by atoms with Crippen LogP contribution in [0.3, 0.4) is 0 Å². The molecule has 0 aliphatic heterocycles. The molecule has 0 spiro atoms. The lowest BCUT2D eigenvalue weighted by molar-refractivity contribution is -0.137. The molecule has 0 bridgehead atoms. The second-order valence-corrected chi connectivity index (χ2v) is 10.7. The van der Waals surface area contributed by atoms with Crippen LogP contribution in [0.1, 0.15) is 91.4 Å². The summed E-state index contributed by atoms with van der Waals surface area (Å²) in [6, 6.07) is 0. The number of carboxylic acids is 1. The van der Waals surface area contributed by atoms with Gasteiger partial charge in [-0.2, -0.15) is 0 Å². The summed E-state index contributed by atoms with van der Waals surface area (Å²) in [5.74, 6) is 2.90. The normalized spacial score (nSPS) is 45.7. The van der Waals surface area contributed by atoms with Crippen LogP contribution in [-0.2, 0) is 4.79 Å². The monoisotopic (exact) mass is 394 g/mol. The van der Waals surface area contributed by atoms with E-state index < -0.39 is 5.97 Å². The molecule has 0 aromatic carbocycles. The zero-order valence-electron chi connectivity index (χ0n) is 18.1. The predicted molar refractivity (Wildman–Crippen MR) is 111 cm³/mol. The Hall–Kier alpha value is -0.610. The molecule has 0 saturated heterocycles. The number of aliphatic carboxylic acids is 1. The van der Waals surface area contributed by atoms with Crippen LogP contribution in [0.4, 0.5) is 0 Å². The van der Waals surface area contributed by atoms with Crippen molar-refractivity contribution in [3.8, 4) is 0 Å². The minimum atomic E-state index is -0.679. The molecule has 9 unspecified atom stereocenters. The summed E-state index contributed by atoms with van der Waals surface area (Å²) in [7, 11) is 0. The van der Waals surface area contributed by atoms with E-state index >= 15 is 0 Å². The number of hydrogen-bond acceptors (Lipinski definition) is 3. The fraction of sp³-hybridized carbons (Fsp3) is 0.958. The average molecular weight is 395 g/mol. The zero-order valence-corrected chi connectivity index (χ0v) is 18.1. The van der Waals surface area contributed by atoms with Crippen LogP contribution >= 0.6 is 0 Å². The molecule has 3 saturated carbocycles. The fourth-order valence-corrected chi connectivity index (χ4v) is 7.52. The van der Waals surface area contributed by atoms with Crippen LogP contribution in [0.5, 0.6) is 0 Å². The highest BCUT2D eigenvalue weighted by atomic mass is 16.4. The van der Waals surface area contributed by atoms with Gasteiger partial charge < -0.3 is 15.3 Å². The van der Waals surface area contributed by atoms with E-state index in [4.69, 9.17) is 5.11 Å². The van der Waals surface area contributed by atoms with Crippen LogP contribution in [-0.4, -0.2) is 33.5 Å². The van der Waals surface area contributed by atoms with Gasteiger partial charge in [-0.3, -0.25) is 4.79 Å². The number of carboxylic acid groups (broad SMARTS) is 1. The highest BCUT2D eigenvalue weighted by molar-refractivity contribution is 5.66. The summed E-state index contributed by atoms with van der Waals surface area (Å²) in [6.07, 6.45) is 9.74. The Balaban J connectivity index is 1.77. The third-order valence-corrected chi connectivity index (χ3v) is 9.13. The lowest BCUT2D eigenvalue weighted by Gasteiger charge is -2.52. The first-order chi connectivity index (χ1) is 13.2. The lowest BCUT2D eigenvalue weighted by Crippen LogP contribution is -2.45. The van der Waals surface area contributed by atoms with Gasteiger partial charge in [-0.05, 0) is 105 Å². The summed E-state index contributed by atoms with van der Waals surface area (Å²) in [5, 5.41) is 30.0. The minimum Gasteiger partial charge on any atom is -0.481 e. The van der Waals surface area contributed by atoms with E-state index in [9.17, 15) is 15.0 Å². The van der Waals surface area contributed by atoms with Gasteiger partial charge in [-0.15, -0.1) is 0 Å². The maximum atomic E-state index is 11.1. The van der Waals surface area contributed by atoms with Crippen molar-refractivity contribution >= 4 is 5.97 Å². The molecule has 3 fully saturated rings. The molecule has 3 rings (SSSR count). The van der Waals surface area contributed by atoms with Crippen molar-refractivity contribution in [2.24, 2.45) is 40.9 Å². The van der Waals surface area contributed by atoms with Gasteiger partial charge in [0, 0.05) is 6.42 Å². The van der Waals surface area contributed by atoms with Gasteiger partial charge in [0.15, 0.2) is 0 Å². The van der Waals surface area contributed by atoms with Crippen molar-refractivity contribution in [1.29, 1.82) is 0 Å². The van der Waals surface area contributed by atoms with E-state index in [1.54, 1.807) is 0 Å². The molecular formula is C24H42O4. The molecule has 0 heterocycles. The Morgan fingerprint density at radius 2 is 1.68 bits per heavy atom. The first kappa shape index (κ1) is 22.1. The van der Waals surface area contributed by atoms with E-state index in [1.165, 1.54) is 25.7 Å². The topological polar surface area (TPSA) is 77.8 Å². The van der Waals surface area contributed by atoms with E-state index in [0.29, 0.717) is 40.9 Å². The average Bonchev–Trinajstić information content (AvgIpc) is 2.99. The van der Waals surface area contributed by atoms with Crippen LogP contribution in [0.25, 0.3) is 0 Å². The molecule has 3 N–H and O–H groups in total. The molecule has 4 nitrogen and oxygen atoms in total. The van der Waals surface area contributed by atoms with E-state index in [-0.39, 0.29) is 18.6 Å². The Labute approximate surface area is 171 Å². The van der Waals surface area contributed by atoms with Crippen LogP contribution in [0.2, 0.25) is 0 Å². The molecule has 28 heavy (non-hydrogen) atoms. The molecule has 3 aliphatic carbocycles. The largest absolute Gasteiger partial charge is 0.481 e. The molecule has 0 aromatic heterocycles. The number of fused-ring (bicyclic) bond motifs is 3. The Bertz CT molecular complexity index is 535. The minimum absolute atomic E-state index is 0.256. The van der Waals surface area contributed by atoms with Gasteiger partial charge in [0.1, 0.15) is 0 Å². The number of hydrogen-bond donors (Lipinski definition) is 3. The Morgan fingerprint density at radius 1 is 1.00 bits per heavy atom. The molecule has 9 atom stereocenters. The van der Waals surface area contributed by atoms with E-state index in [1.807, 2.05) is 0 Å². The van der Waals surface area contributed by atoms with Crippen molar-refractivity contribution < 1.29 is 20.1 Å². The lowest BCUT2D eigenvalue weighted by atomic mass is 9.53. The molecule has 0 amide bonds. The molecule has 4 heteroatoms. The third kappa shape index (κ3) is 4.59. The molecule has 3 aliphatic rings. The molecule has 0 aromatic rings. The molecule has 0 radical (unpaired) electrons. The summed E-state index contributed by atoms with van der Waals surface area (Å²) >= 11 is 0. The summed E-state index contributed by atoms with van der Waals surface area (Å²) in [4.78, 5) is 11.1. The first-order valence-corrected chi connectivity index (χ1v) is 11.8. The maximum Gasteiger partial charge on any atom is 0.303 e. The van der Waals surface area contributed by atoms with Crippen molar-refractivity contribution in [2.45, 2.75) is 104 Å². The number of aliphatic hydroxyl groups excluding tert-OH is 2. The van der Waals surface area contributed by atoms with Gasteiger partial charge in [-0.1, -0.05) is 20.8 Å². The molecular weight excluding hydrogens is 352 g/mol. The quantitative estimate of drug-likeness (QED) is 0.636. The Morgan fingerprint density at radius 3 is 2.39 bits per heavy atom. The van der Waals surface area contributed by atoms with Crippen molar-refractivity contribution in [2.75, 3.05) is 0 Å². The third-order valence-electron chi connectivity index (χ3n) is 9.13. The van der Waals surface area contributed by atoms with Gasteiger partial charge in [0.2, 0.25) is 0 Å². The first-order valence-electron chi connectivity index (χ1n) is 11.8. The van der Waals surface area contributed by atoms with Crippen LogP contribution in [0.15, 0.2) is 0 Å². The smallest absolute Gasteiger partial charge is 0.303 e.